The highest BCUT2D eigenvalue weighted by atomic mass is 79.9. The van der Waals surface area contributed by atoms with Gasteiger partial charge in [-0.1, -0.05) is 21.1 Å². The number of carbonyl (C=O) groups is 1. The fraction of sp³-hybridized carbons (Fsp3) is 0.211. The molecule has 0 saturated heterocycles. The summed E-state index contributed by atoms with van der Waals surface area (Å²) in [6.07, 6.45) is 1.73. The minimum Gasteiger partial charge on any atom is -0.497 e. The molecule has 0 unspecified atom stereocenters. The Hall–Kier alpha value is -3.07. The Morgan fingerprint density at radius 1 is 1.18 bits per heavy atom. The second kappa shape index (κ2) is 8.75. The molecule has 3 aromatic rings. The molecule has 1 aromatic heterocycles. The Bertz CT molecular complexity index is 953. The number of carboxylic acids is 1. The van der Waals surface area contributed by atoms with Crippen LogP contribution in [0.1, 0.15) is 11.1 Å². The van der Waals surface area contributed by atoms with Crippen molar-refractivity contribution in [2.75, 3.05) is 20.8 Å². The molecule has 0 radical (unpaired) electrons. The molecule has 0 aliphatic rings. The predicted octanol–water partition coefficient (Wildman–Crippen LogP) is 3.57. The normalized spacial score (nSPS) is 10.5. The van der Waals surface area contributed by atoms with Crippen LogP contribution in [-0.4, -0.2) is 42.0 Å². The molecular weight excluding hydrogens is 432 g/mol. The van der Waals surface area contributed by atoms with Crippen molar-refractivity contribution in [2.45, 2.75) is 6.42 Å². The fourth-order valence-electron chi connectivity index (χ4n) is 2.72. The smallest absolute Gasteiger partial charge is 0.341 e. The third kappa shape index (κ3) is 4.42. The number of halogens is 1. The lowest BCUT2D eigenvalue weighted by molar-refractivity contribution is -0.139. The van der Waals surface area contributed by atoms with Gasteiger partial charge in [-0.05, 0) is 41.8 Å². The predicted molar refractivity (Wildman–Crippen MR) is 103 cm³/mol. The van der Waals surface area contributed by atoms with Gasteiger partial charge >= 0.3 is 5.97 Å². The van der Waals surface area contributed by atoms with Crippen LogP contribution in [-0.2, 0) is 11.2 Å². The Labute approximate surface area is 169 Å². The molecule has 8 nitrogen and oxygen atoms in total. The van der Waals surface area contributed by atoms with Crippen molar-refractivity contribution in [3.63, 3.8) is 0 Å². The number of ether oxygens (including phenoxy) is 3. The molecular formula is C19H17BrN2O6. The standard InChI is InChI=1S/C19H17BrN2O6/c1-25-12-5-11(6-13(8-12)26-2)7-14-15(20)3-4-16(27-9-17(23)24)18(14)19-21-10-22-28-19/h3-6,8,10H,7,9H2,1-2H3,(H,23,24). The van der Waals surface area contributed by atoms with Crippen LogP contribution in [0, 0.1) is 0 Å². The van der Waals surface area contributed by atoms with Crippen molar-refractivity contribution < 1.29 is 28.6 Å². The van der Waals surface area contributed by atoms with Crippen LogP contribution in [0.4, 0.5) is 0 Å². The van der Waals surface area contributed by atoms with Gasteiger partial charge in [-0.3, -0.25) is 0 Å². The molecule has 0 aliphatic heterocycles. The van der Waals surface area contributed by atoms with Crippen LogP contribution >= 0.6 is 15.9 Å². The average molecular weight is 449 g/mol. The molecule has 3 rings (SSSR count). The molecule has 0 aliphatic carbocycles. The molecule has 2 aromatic carbocycles. The molecule has 0 bridgehead atoms. The largest absolute Gasteiger partial charge is 0.497 e. The Morgan fingerprint density at radius 3 is 2.46 bits per heavy atom. The van der Waals surface area contributed by atoms with E-state index >= 15 is 0 Å². The fourth-order valence-corrected chi connectivity index (χ4v) is 3.19. The number of aliphatic carboxylic acids is 1. The molecule has 1 heterocycles. The number of carboxylic acid groups (broad SMARTS) is 1. The third-order valence-corrected chi connectivity index (χ3v) is 4.68. The summed E-state index contributed by atoms with van der Waals surface area (Å²) in [5, 5.41) is 12.6. The highest BCUT2D eigenvalue weighted by Crippen LogP contribution is 2.38. The monoisotopic (exact) mass is 448 g/mol. The molecule has 0 fully saturated rings. The maximum Gasteiger partial charge on any atom is 0.341 e. The van der Waals surface area contributed by atoms with Crippen molar-refractivity contribution in [3.05, 3.63) is 52.3 Å². The summed E-state index contributed by atoms with van der Waals surface area (Å²) in [6.45, 7) is -0.491. The highest BCUT2D eigenvalue weighted by Gasteiger charge is 2.21. The van der Waals surface area contributed by atoms with Gasteiger partial charge in [0.1, 0.15) is 17.2 Å². The molecule has 28 heavy (non-hydrogen) atoms. The van der Waals surface area contributed by atoms with Gasteiger partial charge in [-0.25, -0.2) is 4.79 Å². The van der Waals surface area contributed by atoms with E-state index in [1.807, 2.05) is 12.1 Å². The Kier molecular flexibility index (Phi) is 6.15. The van der Waals surface area contributed by atoms with Crippen LogP contribution < -0.4 is 14.2 Å². The first-order valence-electron chi connectivity index (χ1n) is 8.16. The summed E-state index contributed by atoms with van der Waals surface area (Å²) in [5.41, 5.74) is 2.23. The van der Waals surface area contributed by atoms with Gasteiger partial charge < -0.3 is 23.8 Å². The number of rotatable bonds is 8. The third-order valence-electron chi connectivity index (χ3n) is 3.94. The summed E-state index contributed by atoms with van der Waals surface area (Å²) < 4.78 is 22.1. The lowest BCUT2D eigenvalue weighted by Gasteiger charge is -2.15. The van der Waals surface area contributed by atoms with Crippen LogP contribution in [0.5, 0.6) is 17.2 Å². The van der Waals surface area contributed by atoms with Gasteiger partial charge in [0.05, 0.1) is 19.8 Å². The highest BCUT2D eigenvalue weighted by molar-refractivity contribution is 9.10. The number of methoxy groups -OCH3 is 2. The minimum atomic E-state index is -1.08. The summed E-state index contributed by atoms with van der Waals surface area (Å²) >= 11 is 3.55. The van der Waals surface area contributed by atoms with Crippen LogP contribution in [0.25, 0.3) is 11.5 Å². The molecule has 1 N–H and O–H groups in total. The van der Waals surface area contributed by atoms with Crippen LogP contribution in [0.3, 0.4) is 0 Å². The first kappa shape index (κ1) is 19.7. The summed E-state index contributed by atoms with van der Waals surface area (Å²) in [6, 6.07) is 8.99. The molecule has 0 atom stereocenters. The molecule has 0 saturated carbocycles. The molecule has 146 valence electrons. The van der Waals surface area contributed by atoms with E-state index in [4.69, 9.17) is 23.8 Å². The summed E-state index contributed by atoms with van der Waals surface area (Å²) in [4.78, 5) is 15.1. The van der Waals surface area contributed by atoms with Gasteiger partial charge in [0.15, 0.2) is 12.9 Å². The Morgan fingerprint density at radius 2 is 1.89 bits per heavy atom. The van der Waals surface area contributed by atoms with Crippen LogP contribution in [0.15, 0.2) is 45.7 Å². The Balaban J connectivity index is 2.09. The van der Waals surface area contributed by atoms with Gasteiger partial charge in [0, 0.05) is 10.5 Å². The summed E-state index contributed by atoms with van der Waals surface area (Å²) in [5.74, 6) is 0.788. The zero-order valence-corrected chi connectivity index (χ0v) is 16.7. The maximum absolute atomic E-state index is 10.9. The lowest BCUT2D eigenvalue weighted by atomic mass is 9.98. The maximum atomic E-state index is 10.9. The number of benzene rings is 2. The van der Waals surface area contributed by atoms with Crippen molar-refractivity contribution >= 4 is 21.9 Å². The van der Waals surface area contributed by atoms with Crippen molar-refractivity contribution in [1.29, 1.82) is 0 Å². The van der Waals surface area contributed by atoms with Crippen molar-refractivity contribution in [1.82, 2.24) is 10.1 Å². The van der Waals surface area contributed by atoms with E-state index in [-0.39, 0.29) is 5.89 Å². The van der Waals surface area contributed by atoms with E-state index < -0.39 is 12.6 Å². The van der Waals surface area contributed by atoms with Crippen molar-refractivity contribution in [2.24, 2.45) is 0 Å². The van der Waals surface area contributed by atoms with E-state index in [9.17, 15) is 4.79 Å². The van der Waals surface area contributed by atoms with Gasteiger partial charge in [-0.15, -0.1) is 0 Å². The SMILES string of the molecule is COc1cc(Cc2c(Br)ccc(OCC(=O)O)c2-c2ncno2)cc(OC)c1. The zero-order valence-electron chi connectivity index (χ0n) is 15.1. The topological polar surface area (TPSA) is 104 Å². The number of hydrogen-bond donors (Lipinski definition) is 1. The lowest BCUT2D eigenvalue weighted by Crippen LogP contribution is -2.11. The molecule has 9 heteroatoms. The first-order chi connectivity index (χ1) is 13.5. The molecule has 0 spiro atoms. The second-order valence-corrected chi connectivity index (χ2v) is 6.58. The number of nitrogens with zero attached hydrogens (tertiary/aromatic N) is 2. The van der Waals surface area contributed by atoms with E-state index in [0.717, 1.165) is 15.6 Å². The van der Waals surface area contributed by atoms with E-state index in [2.05, 4.69) is 26.1 Å². The first-order valence-corrected chi connectivity index (χ1v) is 8.96. The van der Waals surface area contributed by atoms with E-state index in [1.54, 1.807) is 32.4 Å². The molecule has 0 amide bonds. The van der Waals surface area contributed by atoms with Crippen molar-refractivity contribution in [3.8, 4) is 28.7 Å². The minimum absolute atomic E-state index is 0.228. The van der Waals surface area contributed by atoms with Crippen LogP contribution in [0.2, 0.25) is 0 Å². The quantitative estimate of drug-likeness (QED) is 0.557. The summed E-state index contributed by atoms with van der Waals surface area (Å²) in [7, 11) is 3.16. The number of hydrogen-bond acceptors (Lipinski definition) is 7. The average Bonchev–Trinajstić information content (AvgIpc) is 3.22. The second-order valence-electron chi connectivity index (χ2n) is 5.73. The zero-order chi connectivity index (χ0) is 20.1. The van der Waals surface area contributed by atoms with Gasteiger partial charge in [-0.2, -0.15) is 4.98 Å². The van der Waals surface area contributed by atoms with Gasteiger partial charge in [0.2, 0.25) is 0 Å². The number of aromatic nitrogens is 2. The van der Waals surface area contributed by atoms with E-state index in [0.29, 0.717) is 29.2 Å². The van der Waals surface area contributed by atoms with E-state index in [1.165, 1.54) is 6.33 Å². The van der Waals surface area contributed by atoms with Gasteiger partial charge in [0.25, 0.3) is 5.89 Å².